The summed E-state index contributed by atoms with van der Waals surface area (Å²) in [6.07, 6.45) is 5.78. The van der Waals surface area contributed by atoms with Crippen molar-refractivity contribution < 1.29 is 9.53 Å². The standard InChI is InChI=1S/C16H18N2O2/c1-20-12-6-11-18-16(19)15(13-17)10-5-9-14-7-3-2-4-8-14/h2-5,7-10H,6,11-12H2,1H3,(H,18,19)/b9-5+,15-10-. The minimum atomic E-state index is -0.360. The second-order valence-corrected chi connectivity index (χ2v) is 4.06. The molecule has 4 heteroatoms. The van der Waals surface area contributed by atoms with Gasteiger partial charge in [0.1, 0.15) is 11.6 Å². The second kappa shape index (κ2) is 9.54. The third-order valence-electron chi connectivity index (χ3n) is 2.53. The molecule has 0 aromatic heterocycles. The van der Waals surface area contributed by atoms with E-state index in [9.17, 15) is 4.79 Å². The molecule has 0 atom stereocenters. The minimum absolute atomic E-state index is 0.0922. The summed E-state index contributed by atoms with van der Waals surface area (Å²) in [5, 5.41) is 11.6. The summed E-state index contributed by atoms with van der Waals surface area (Å²) in [6, 6.07) is 11.6. The Morgan fingerprint density at radius 1 is 1.40 bits per heavy atom. The average Bonchev–Trinajstić information content (AvgIpc) is 2.49. The van der Waals surface area contributed by atoms with E-state index in [2.05, 4.69) is 5.32 Å². The Morgan fingerprint density at radius 2 is 2.15 bits per heavy atom. The number of methoxy groups -OCH3 is 1. The summed E-state index contributed by atoms with van der Waals surface area (Å²) in [7, 11) is 1.61. The molecule has 0 saturated heterocycles. The molecule has 0 bridgehead atoms. The molecule has 0 aliphatic heterocycles. The Hall–Kier alpha value is -2.38. The number of rotatable bonds is 7. The largest absolute Gasteiger partial charge is 0.385 e. The fourth-order valence-electron chi connectivity index (χ4n) is 1.50. The molecule has 0 saturated carbocycles. The van der Waals surface area contributed by atoms with Gasteiger partial charge in [-0.15, -0.1) is 0 Å². The first kappa shape index (κ1) is 15.7. The number of nitrogens with zero attached hydrogens (tertiary/aromatic N) is 1. The number of nitrogens with one attached hydrogen (secondary N) is 1. The van der Waals surface area contributed by atoms with Gasteiger partial charge in [0, 0.05) is 20.3 Å². The number of nitriles is 1. The summed E-state index contributed by atoms with van der Waals surface area (Å²) in [6.45, 7) is 1.08. The Labute approximate surface area is 119 Å². The van der Waals surface area contributed by atoms with Crippen LogP contribution in [-0.2, 0) is 9.53 Å². The maximum absolute atomic E-state index is 11.7. The number of amides is 1. The lowest BCUT2D eigenvalue weighted by molar-refractivity contribution is -0.117. The molecule has 1 amide bonds. The first-order chi connectivity index (χ1) is 9.77. The Balaban J connectivity index is 2.53. The molecule has 0 heterocycles. The number of carbonyl (C=O) groups is 1. The van der Waals surface area contributed by atoms with Gasteiger partial charge < -0.3 is 10.1 Å². The summed E-state index contributed by atoms with van der Waals surface area (Å²) in [5.74, 6) is -0.360. The SMILES string of the molecule is COCCCNC(=O)/C(C#N)=C\C=C\c1ccccc1. The van der Waals surface area contributed by atoms with Crippen molar-refractivity contribution >= 4 is 12.0 Å². The van der Waals surface area contributed by atoms with E-state index < -0.39 is 0 Å². The lowest BCUT2D eigenvalue weighted by atomic mass is 10.2. The van der Waals surface area contributed by atoms with Crippen LogP contribution in [0.15, 0.2) is 48.1 Å². The molecule has 0 unspecified atom stereocenters. The number of benzene rings is 1. The molecule has 0 aliphatic rings. The lowest BCUT2D eigenvalue weighted by Crippen LogP contribution is -2.26. The summed E-state index contributed by atoms with van der Waals surface area (Å²) < 4.78 is 4.88. The molecule has 1 N–H and O–H groups in total. The molecular formula is C16H18N2O2. The van der Waals surface area contributed by atoms with Crippen LogP contribution in [-0.4, -0.2) is 26.2 Å². The average molecular weight is 270 g/mol. The van der Waals surface area contributed by atoms with Crippen molar-refractivity contribution in [3.05, 3.63) is 53.6 Å². The molecule has 0 aliphatic carbocycles. The van der Waals surface area contributed by atoms with Crippen molar-refractivity contribution in [2.75, 3.05) is 20.3 Å². The summed E-state index contributed by atoms with van der Waals surface area (Å²) >= 11 is 0. The van der Waals surface area contributed by atoms with Gasteiger partial charge in [0.25, 0.3) is 5.91 Å². The van der Waals surface area contributed by atoms with Gasteiger partial charge in [-0.1, -0.05) is 42.5 Å². The fraction of sp³-hybridized carbons (Fsp3) is 0.250. The van der Waals surface area contributed by atoms with Crippen LogP contribution in [0.3, 0.4) is 0 Å². The van der Waals surface area contributed by atoms with Gasteiger partial charge in [-0.2, -0.15) is 5.26 Å². The summed E-state index contributed by atoms with van der Waals surface area (Å²) in [4.78, 5) is 11.7. The highest BCUT2D eigenvalue weighted by Gasteiger charge is 2.06. The van der Waals surface area contributed by atoms with E-state index in [0.29, 0.717) is 13.2 Å². The molecule has 20 heavy (non-hydrogen) atoms. The predicted molar refractivity (Wildman–Crippen MR) is 78.7 cm³/mol. The summed E-state index contributed by atoms with van der Waals surface area (Å²) in [5.41, 5.74) is 1.11. The van der Waals surface area contributed by atoms with Crippen LogP contribution in [0.4, 0.5) is 0 Å². The van der Waals surface area contributed by atoms with Crippen molar-refractivity contribution in [2.45, 2.75) is 6.42 Å². The maximum Gasteiger partial charge on any atom is 0.261 e. The Kier molecular flexibility index (Phi) is 7.48. The zero-order valence-electron chi connectivity index (χ0n) is 11.5. The van der Waals surface area contributed by atoms with Gasteiger partial charge in [0.2, 0.25) is 0 Å². The molecule has 0 spiro atoms. The lowest BCUT2D eigenvalue weighted by Gasteiger charge is -2.02. The van der Waals surface area contributed by atoms with Crippen LogP contribution < -0.4 is 5.32 Å². The second-order valence-electron chi connectivity index (χ2n) is 4.06. The first-order valence-corrected chi connectivity index (χ1v) is 6.38. The van der Waals surface area contributed by atoms with Crippen molar-refractivity contribution in [2.24, 2.45) is 0 Å². The van der Waals surface area contributed by atoms with Crippen LogP contribution in [0.5, 0.6) is 0 Å². The van der Waals surface area contributed by atoms with E-state index in [1.807, 2.05) is 42.5 Å². The van der Waals surface area contributed by atoms with E-state index in [-0.39, 0.29) is 11.5 Å². The zero-order chi connectivity index (χ0) is 14.6. The molecule has 104 valence electrons. The highest BCUT2D eigenvalue weighted by atomic mass is 16.5. The number of carbonyl (C=O) groups excluding carboxylic acids is 1. The highest BCUT2D eigenvalue weighted by Crippen LogP contribution is 2.02. The molecular weight excluding hydrogens is 252 g/mol. The van der Waals surface area contributed by atoms with Gasteiger partial charge in [-0.3, -0.25) is 4.79 Å². The third kappa shape index (κ3) is 5.98. The van der Waals surface area contributed by atoms with Gasteiger partial charge in [-0.05, 0) is 18.1 Å². The monoisotopic (exact) mass is 270 g/mol. The van der Waals surface area contributed by atoms with Crippen LogP contribution in [0, 0.1) is 11.3 Å². The van der Waals surface area contributed by atoms with E-state index in [0.717, 1.165) is 12.0 Å². The third-order valence-corrected chi connectivity index (χ3v) is 2.53. The van der Waals surface area contributed by atoms with Crippen LogP contribution in [0.2, 0.25) is 0 Å². The number of ether oxygens (including phenoxy) is 1. The van der Waals surface area contributed by atoms with E-state index >= 15 is 0 Å². The van der Waals surface area contributed by atoms with Crippen molar-refractivity contribution in [1.82, 2.24) is 5.32 Å². The molecule has 1 aromatic carbocycles. The number of hydrogen-bond donors (Lipinski definition) is 1. The molecule has 0 radical (unpaired) electrons. The smallest absolute Gasteiger partial charge is 0.261 e. The van der Waals surface area contributed by atoms with E-state index in [4.69, 9.17) is 10.00 Å². The van der Waals surface area contributed by atoms with Gasteiger partial charge in [0.15, 0.2) is 0 Å². The number of hydrogen-bond acceptors (Lipinski definition) is 3. The normalized spacial score (nSPS) is 11.3. The Bertz CT molecular complexity index is 513. The van der Waals surface area contributed by atoms with Gasteiger partial charge >= 0.3 is 0 Å². The molecule has 4 nitrogen and oxygen atoms in total. The molecule has 0 fully saturated rings. The number of allylic oxidation sites excluding steroid dienone is 2. The topological polar surface area (TPSA) is 62.1 Å². The van der Waals surface area contributed by atoms with Gasteiger partial charge in [-0.25, -0.2) is 0 Å². The van der Waals surface area contributed by atoms with Gasteiger partial charge in [0.05, 0.1) is 0 Å². The van der Waals surface area contributed by atoms with Crippen LogP contribution in [0.25, 0.3) is 6.08 Å². The highest BCUT2D eigenvalue weighted by molar-refractivity contribution is 5.97. The molecule has 1 rings (SSSR count). The van der Waals surface area contributed by atoms with Crippen LogP contribution >= 0.6 is 0 Å². The Morgan fingerprint density at radius 3 is 2.80 bits per heavy atom. The van der Waals surface area contributed by atoms with Crippen LogP contribution in [0.1, 0.15) is 12.0 Å². The van der Waals surface area contributed by atoms with Crippen molar-refractivity contribution in [1.29, 1.82) is 5.26 Å². The maximum atomic E-state index is 11.7. The predicted octanol–water partition coefficient (Wildman–Crippen LogP) is 2.30. The quantitative estimate of drug-likeness (QED) is 0.358. The minimum Gasteiger partial charge on any atom is -0.385 e. The van der Waals surface area contributed by atoms with E-state index in [1.165, 1.54) is 6.08 Å². The fourth-order valence-corrected chi connectivity index (χ4v) is 1.50. The molecule has 1 aromatic rings. The van der Waals surface area contributed by atoms with Crippen molar-refractivity contribution in [3.63, 3.8) is 0 Å². The van der Waals surface area contributed by atoms with Crippen molar-refractivity contribution in [3.8, 4) is 6.07 Å². The van der Waals surface area contributed by atoms with E-state index in [1.54, 1.807) is 13.2 Å². The first-order valence-electron chi connectivity index (χ1n) is 6.38. The zero-order valence-corrected chi connectivity index (χ0v) is 11.5.